The Morgan fingerprint density at radius 1 is 1.10 bits per heavy atom. The monoisotopic (exact) mass is 273 g/mol. The molecule has 1 N–H and O–H groups in total. The Morgan fingerprint density at radius 2 is 1.90 bits per heavy atom. The van der Waals surface area contributed by atoms with Gasteiger partial charge in [0.25, 0.3) is 0 Å². The number of ether oxygens (including phenoxy) is 1. The highest BCUT2D eigenvalue weighted by Crippen LogP contribution is 2.18. The molecule has 0 bridgehead atoms. The van der Waals surface area contributed by atoms with Crippen LogP contribution in [0, 0.1) is 5.82 Å². The van der Waals surface area contributed by atoms with Crippen LogP contribution < -0.4 is 10.1 Å². The SMILES string of the molecule is CCCCOc1cccc(NCc2ccc(F)cc2)c1. The zero-order valence-corrected chi connectivity index (χ0v) is 11.7. The summed E-state index contributed by atoms with van der Waals surface area (Å²) in [6.07, 6.45) is 2.19. The molecule has 0 aliphatic carbocycles. The van der Waals surface area contributed by atoms with Crippen LogP contribution in [-0.4, -0.2) is 6.61 Å². The van der Waals surface area contributed by atoms with Gasteiger partial charge in [0, 0.05) is 18.3 Å². The van der Waals surface area contributed by atoms with E-state index in [1.807, 2.05) is 24.3 Å². The molecule has 0 saturated heterocycles. The van der Waals surface area contributed by atoms with Crippen LogP contribution >= 0.6 is 0 Å². The first-order chi connectivity index (χ1) is 9.78. The molecule has 2 nitrogen and oxygen atoms in total. The molecule has 0 atom stereocenters. The fourth-order valence-corrected chi connectivity index (χ4v) is 1.84. The van der Waals surface area contributed by atoms with Crippen molar-refractivity contribution in [3.05, 3.63) is 59.9 Å². The van der Waals surface area contributed by atoms with E-state index >= 15 is 0 Å². The van der Waals surface area contributed by atoms with Gasteiger partial charge in [-0.3, -0.25) is 0 Å². The van der Waals surface area contributed by atoms with E-state index < -0.39 is 0 Å². The topological polar surface area (TPSA) is 21.3 Å². The molecule has 3 heteroatoms. The summed E-state index contributed by atoms with van der Waals surface area (Å²) in [5.41, 5.74) is 2.05. The number of rotatable bonds is 7. The number of benzene rings is 2. The first-order valence-corrected chi connectivity index (χ1v) is 6.99. The highest BCUT2D eigenvalue weighted by atomic mass is 19.1. The highest BCUT2D eigenvalue weighted by Gasteiger charge is 1.98. The molecule has 0 aliphatic heterocycles. The summed E-state index contributed by atoms with van der Waals surface area (Å²) in [5, 5.41) is 3.31. The first kappa shape index (κ1) is 14.4. The van der Waals surface area contributed by atoms with Crippen LogP contribution in [-0.2, 0) is 6.54 Å². The van der Waals surface area contributed by atoms with Crippen LogP contribution in [0.3, 0.4) is 0 Å². The van der Waals surface area contributed by atoms with Gasteiger partial charge in [-0.1, -0.05) is 31.5 Å². The van der Waals surface area contributed by atoms with Crippen molar-refractivity contribution in [3.8, 4) is 5.75 Å². The third kappa shape index (κ3) is 4.57. The second-order valence-corrected chi connectivity index (χ2v) is 4.71. The maximum Gasteiger partial charge on any atom is 0.123 e. The van der Waals surface area contributed by atoms with E-state index in [1.165, 1.54) is 12.1 Å². The van der Waals surface area contributed by atoms with Gasteiger partial charge in [-0.05, 0) is 36.2 Å². The van der Waals surface area contributed by atoms with Crippen molar-refractivity contribution in [1.82, 2.24) is 0 Å². The Labute approximate surface area is 119 Å². The van der Waals surface area contributed by atoms with Gasteiger partial charge >= 0.3 is 0 Å². The Balaban J connectivity index is 1.89. The molecule has 0 spiro atoms. The van der Waals surface area contributed by atoms with Crippen LogP contribution in [0.25, 0.3) is 0 Å². The lowest BCUT2D eigenvalue weighted by atomic mass is 10.2. The lowest BCUT2D eigenvalue weighted by molar-refractivity contribution is 0.309. The number of anilines is 1. The van der Waals surface area contributed by atoms with E-state index in [2.05, 4.69) is 12.2 Å². The standard InChI is InChI=1S/C17H20FNO/c1-2-3-11-20-17-6-4-5-16(12-17)19-13-14-7-9-15(18)10-8-14/h4-10,12,19H,2-3,11,13H2,1H3. The van der Waals surface area contributed by atoms with Gasteiger partial charge in [0.2, 0.25) is 0 Å². The van der Waals surface area contributed by atoms with Crippen molar-refractivity contribution in [2.24, 2.45) is 0 Å². The molecule has 0 unspecified atom stereocenters. The van der Waals surface area contributed by atoms with Crippen molar-refractivity contribution in [3.63, 3.8) is 0 Å². The van der Waals surface area contributed by atoms with Crippen LogP contribution in [0.15, 0.2) is 48.5 Å². The molecule has 0 amide bonds. The molecule has 0 heterocycles. The van der Waals surface area contributed by atoms with Gasteiger partial charge in [-0.2, -0.15) is 0 Å². The lowest BCUT2D eigenvalue weighted by Gasteiger charge is -2.09. The van der Waals surface area contributed by atoms with E-state index in [9.17, 15) is 4.39 Å². The molecule has 0 fully saturated rings. The van der Waals surface area contributed by atoms with Gasteiger partial charge < -0.3 is 10.1 Å². The largest absolute Gasteiger partial charge is 0.494 e. The van der Waals surface area contributed by atoms with Gasteiger partial charge in [0.05, 0.1) is 6.61 Å². The van der Waals surface area contributed by atoms with E-state index in [0.717, 1.165) is 36.4 Å². The summed E-state index contributed by atoms with van der Waals surface area (Å²) in [5.74, 6) is 0.669. The number of hydrogen-bond donors (Lipinski definition) is 1. The van der Waals surface area contributed by atoms with Crippen molar-refractivity contribution in [1.29, 1.82) is 0 Å². The van der Waals surface area contributed by atoms with E-state index in [0.29, 0.717) is 6.54 Å². The molecule has 2 aromatic carbocycles. The summed E-state index contributed by atoms with van der Waals surface area (Å²) in [7, 11) is 0. The Bertz CT molecular complexity index is 525. The summed E-state index contributed by atoms with van der Waals surface area (Å²) in [6, 6.07) is 14.4. The minimum absolute atomic E-state index is 0.208. The van der Waals surface area contributed by atoms with Crippen LogP contribution in [0.1, 0.15) is 25.3 Å². The molecular weight excluding hydrogens is 253 g/mol. The zero-order chi connectivity index (χ0) is 14.2. The zero-order valence-electron chi connectivity index (χ0n) is 11.7. The van der Waals surface area contributed by atoms with Crippen LogP contribution in [0.5, 0.6) is 5.75 Å². The van der Waals surface area contributed by atoms with Gasteiger partial charge in [0.1, 0.15) is 11.6 Å². The average Bonchev–Trinajstić information content (AvgIpc) is 2.47. The van der Waals surface area contributed by atoms with Crippen molar-refractivity contribution < 1.29 is 9.13 Å². The van der Waals surface area contributed by atoms with Gasteiger partial charge in [-0.25, -0.2) is 4.39 Å². The number of halogens is 1. The number of unbranched alkanes of at least 4 members (excludes halogenated alkanes) is 1. The van der Waals surface area contributed by atoms with Crippen LogP contribution in [0.2, 0.25) is 0 Å². The maximum atomic E-state index is 12.8. The minimum Gasteiger partial charge on any atom is -0.494 e. The highest BCUT2D eigenvalue weighted by molar-refractivity contribution is 5.48. The minimum atomic E-state index is -0.208. The summed E-state index contributed by atoms with van der Waals surface area (Å²) >= 11 is 0. The second-order valence-electron chi connectivity index (χ2n) is 4.71. The van der Waals surface area contributed by atoms with E-state index in [-0.39, 0.29) is 5.82 Å². The molecule has 0 radical (unpaired) electrons. The summed E-state index contributed by atoms with van der Waals surface area (Å²) in [6.45, 7) is 3.56. The summed E-state index contributed by atoms with van der Waals surface area (Å²) < 4.78 is 18.5. The molecule has 20 heavy (non-hydrogen) atoms. The van der Waals surface area contributed by atoms with E-state index in [4.69, 9.17) is 4.74 Å². The molecule has 106 valence electrons. The Morgan fingerprint density at radius 3 is 2.65 bits per heavy atom. The molecule has 0 aromatic heterocycles. The lowest BCUT2D eigenvalue weighted by Crippen LogP contribution is -2.01. The van der Waals surface area contributed by atoms with Gasteiger partial charge in [-0.15, -0.1) is 0 Å². The van der Waals surface area contributed by atoms with Crippen LogP contribution in [0.4, 0.5) is 10.1 Å². The third-order valence-electron chi connectivity index (χ3n) is 3.01. The normalized spacial score (nSPS) is 10.3. The van der Waals surface area contributed by atoms with Crippen molar-refractivity contribution in [2.45, 2.75) is 26.3 Å². The van der Waals surface area contributed by atoms with Crippen molar-refractivity contribution in [2.75, 3.05) is 11.9 Å². The van der Waals surface area contributed by atoms with E-state index in [1.54, 1.807) is 12.1 Å². The second kappa shape index (κ2) is 7.53. The molecule has 0 aliphatic rings. The smallest absolute Gasteiger partial charge is 0.123 e. The predicted molar refractivity (Wildman–Crippen MR) is 80.6 cm³/mol. The average molecular weight is 273 g/mol. The first-order valence-electron chi connectivity index (χ1n) is 6.99. The molecule has 0 saturated carbocycles. The molecule has 2 aromatic rings. The number of nitrogens with one attached hydrogen (secondary N) is 1. The maximum absolute atomic E-state index is 12.8. The Hall–Kier alpha value is -2.03. The fourth-order valence-electron chi connectivity index (χ4n) is 1.84. The fraction of sp³-hybridized carbons (Fsp3) is 0.294. The number of hydrogen-bond acceptors (Lipinski definition) is 2. The molecular formula is C17H20FNO. The molecule has 2 rings (SSSR count). The summed E-state index contributed by atoms with van der Waals surface area (Å²) in [4.78, 5) is 0. The van der Waals surface area contributed by atoms with Gasteiger partial charge in [0.15, 0.2) is 0 Å². The third-order valence-corrected chi connectivity index (χ3v) is 3.01. The Kier molecular flexibility index (Phi) is 5.42. The predicted octanol–water partition coefficient (Wildman–Crippen LogP) is 4.62. The van der Waals surface area contributed by atoms with Crippen molar-refractivity contribution >= 4 is 5.69 Å². The quantitative estimate of drug-likeness (QED) is 0.743.